The van der Waals surface area contributed by atoms with Crippen LogP contribution in [0.1, 0.15) is 12.5 Å². The van der Waals surface area contributed by atoms with Crippen LogP contribution < -0.4 is 9.64 Å². The predicted molar refractivity (Wildman–Crippen MR) is 158 cm³/mol. The molecule has 4 heterocycles. The number of rotatable bonds is 7. The number of aromatic amines is 1. The number of nitrogens with zero attached hydrogens (tertiary/aromatic N) is 4. The number of carbonyl (C=O) groups excluding carboxylic acids is 1. The minimum atomic E-state index is -1.08. The highest BCUT2D eigenvalue weighted by Gasteiger charge is 2.45. The van der Waals surface area contributed by atoms with E-state index in [1.807, 2.05) is 70.5 Å². The highest BCUT2D eigenvalue weighted by molar-refractivity contribution is 6.35. The van der Waals surface area contributed by atoms with Gasteiger partial charge in [-0.1, -0.05) is 29.3 Å². The second-order valence-corrected chi connectivity index (χ2v) is 10.7. The number of piperazine rings is 1. The summed E-state index contributed by atoms with van der Waals surface area (Å²) in [6.45, 7) is 5.80. The van der Waals surface area contributed by atoms with Crippen molar-refractivity contribution in [3.63, 3.8) is 0 Å². The average molecular weight is 599 g/mol. The molecule has 0 aliphatic carbocycles. The van der Waals surface area contributed by atoms with E-state index in [1.54, 1.807) is 31.6 Å². The Kier molecular flexibility index (Phi) is 9.51. The molecule has 2 fully saturated rings. The molecule has 41 heavy (non-hydrogen) atoms. The van der Waals surface area contributed by atoms with Crippen molar-refractivity contribution in [2.45, 2.75) is 25.4 Å². The number of halogens is 2. The van der Waals surface area contributed by atoms with Crippen LogP contribution in [0.15, 0.2) is 85.7 Å². The van der Waals surface area contributed by atoms with E-state index in [4.69, 9.17) is 37.4 Å². The number of amides is 1. The Hall–Kier alpha value is -3.50. The first kappa shape index (κ1) is 29.0. The largest absolute Gasteiger partial charge is 0.491 e. The lowest BCUT2D eigenvalue weighted by atomic mass is 10.1. The fourth-order valence-corrected chi connectivity index (χ4v) is 5.43. The Labute approximate surface area is 249 Å². The third-order valence-corrected chi connectivity index (χ3v) is 7.56. The van der Waals surface area contributed by atoms with Gasteiger partial charge in [-0.3, -0.25) is 4.79 Å². The van der Waals surface area contributed by atoms with Gasteiger partial charge in [0.1, 0.15) is 18.5 Å². The Morgan fingerprint density at radius 1 is 1.10 bits per heavy atom. The number of ether oxygens (including phenoxy) is 3. The van der Waals surface area contributed by atoms with E-state index in [1.165, 1.54) is 0 Å². The molecule has 0 unspecified atom stereocenters. The minimum absolute atomic E-state index is 0.129. The molecule has 11 heteroatoms. The quantitative estimate of drug-likeness (QED) is 0.314. The van der Waals surface area contributed by atoms with Gasteiger partial charge in [-0.15, -0.1) is 0 Å². The van der Waals surface area contributed by atoms with Gasteiger partial charge in [0, 0.05) is 74.2 Å². The molecule has 2 atom stereocenters. The summed E-state index contributed by atoms with van der Waals surface area (Å²) >= 11 is 12.7. The van der Waals surface area contributed by atoms with Crippen LogP contribution in [-0.2, 0) is 26.6 Å². The molecule has 2 saturated heterocycles. The summed E-state index contributed by atoms with van der Waals surface area (Å²) < 4.78 is 20.6. The fourth-order valence-electron chi connectivity index (χ4n) is 4.87. The zero-order chi connectivity index (χ0) is 28.7. The summed E-state index contributed by atoms with van der Waals surface area (Å²) in [5.41, 5.74) is 1.82. The van der Waals surface area contributed by atoms with E-state index in [9.17, 15) is 4.79 Å². The normalized spacial score (nSPS) is 20.4. The number of carbonyl (C=O) groups is 1. The van der Waals surface area contributed by atoms with E-state index in [0.717, 1.165) is 37.6 Å². The molecule has 2 aromatic carbocycles. The summed E-state index contributed by atoms with van der Waals surface area (Å²) in [4.78, 5) is 22.7. The number of benzene rings is 2. The second kappa shape index (κ2) is 13.4. The Morgan fingerprint density at radius 3 is 2.46 bits per heavy atom. The molecule has 0 radical (unpaired) electrons. The Morgan fingerprint density at radius 2 is 1.85 bits per heavy atom. The summed E-state index contributed by atoms with van der Waals surface area (Å²) in [6, 6.07) is 17.2. The van der Waals surface area contributed by atoms with E-state index in [0.29, 0.717) is 35.4 Å². The van der Waals surface area contributed by atoms with Gasteiger partial charge in [-0.25, -0.2) is 4.98 Å². The van der Waals surface area contributed by atoms with Crippen molar-refractivity contribution in [3.8, 4) is 5.75 Å². The van der Waals surface area contributed by atoms with Crippen LogP contribution in [0.2, 0.25) is 10.0 Å². The minimum Gasteiger partial charge on any atom is -0.491 e. The lowest BCUT2D eigenvalue weighted by Gasteiger charge is -2.35. The molecule has 2 aliphatic heterocycles. The number of hydrogen-bond acceptors (Lipinski definition) is 6. The Bertz CT molecular complexity index is 1360. The monoisotopic (exact) mass is 597 g/mol. The summed E-state index contributed by atoms with van der Waals surface area (Å²) in [7, 11) is 0. The van der Waals surface area contributed by atoms with Crippen molar-refractivity contribution in [1.82, 2.24) is 19.4 Å². The highest BCUT2D eigenvalue weighted by atomic mass is 35.5. The van der Waals surface area contributed by atoms with Crippen molar-refractivity contribution in [2.75, 3.05) is 44.3 Å². The zero-order valence-electron chi connectivity index (χ0n) is 22.8. The molecule has 1 N–H and O–H groups in total. The lowest BCUT2D eigenvalue weighted by molar-refractivity contribution is -0.189. The molecule has 0 saturated carbocycles. The predicted octanol–water partition coefficient (Wildman–Crippen LogP) is 5.22. The van der Waals surface area contributed by atoms with Gasteiger partial charge in [0.2, 0.25) is 11.7 Å². The third-order valence-electron chi connectivity index (χ3n) is 7.01. The van der Waals surface area contributed by atoms with Crippen LogP contribution in [0.5, 0.6) is 5.75 Å². The maximum Gasteiger partial charge on any atom is 0.219 e. The molecular formula is C30H33Cl2N5O4. The van der Waals surface area contributed by atoms with Gasteiger partial charge in [-0.05, 0) is 48.5 Å². The van der Waals surface area contributed by atoms with Gasteiger partial charge in [0.15, 0.2) is 0 Å². The number of aromatic nitrogens is 3. The number of imidazole rings is 1. The third kappa shape index (κ3) is 7.42. The number of H-pyrrole nitrogens is 1. The average Bonchev–Trinajstić information content (AvgIpc) is 3.78. The first-order valence-corrected chi connectivity index (χ1v) is 14.2. The van der Waals surface area contributed by atoms with Crippen LogP contribution in [0.25, 0.3) is 0 Å². The van der Waals surface area contributed by atoms with Gasteiger partial charge >= 0.3 is 0 Å². The molecule has 6 rings (SSSR count). The summed E-state index contributed by atoms with van der Waals surface area (Å²) in [5, 5.41) is 1.02. The molecule has 9 nitrogen and oxygen atoms in total. The molecule has 0 bridgehead atoms. The standard InChI is InChI=1S/C26H28Cl2N4O4.C4H5N/c1-19(33)31-10-12-32(13-11-31)21-3-5-22(6-4-21)34-15-23-16-35-26(36-23,17-30-9-8-29-18-30)24-7-2-20(27)14-25(24)28;1-2-4-5-3-1/h2-9,14,18,23H,10-13,15-17H2,1H3;1-5H/t23-,26-;/m0./s1. The maximum absolute atomic E-state index is 11.6. The number of anilines is 1. The lowest BCUT2D eigenvalue weighted by Crippen LogP contribution is -2.48. The maximum atomic E-state index is 11.6. The highest BCUT2D eigenvalue weighted by Crippen LogP contribution is 2.40. The van der Waals surface area contributed by atoms with Crippen LogP contribution in [0.4, 0.5) is 5.69 Å². The zero-order valence-corrected chi connectivity index (χ0v) is 24.3. The first-order chi connectivity index (χ1) is 19.9. The SMILES string of the molecule is CC(=O)N1CCN(c2ccc(OC[C@H]3CO[C@](Cn4ccnc4)(c4ccc(Cl)cc4Cl)O3)cc2)CC1.c1cc[nH]c1. The molecule has 216 valence electrons. The van der Waals surface area contributed by atoms with Gasteiger partial charge in [0.05, 0.1) is 24.5 Å². The van der Waals surface area contributed by atoms with E-state index in [2.05, 4.69) is 14.9 Å². The molecular weight excluding hydrogens is 565 g/mol. The van der Waals surface area contributed by atoms with Crippen LogP contribution >= 0.6 is 23.2 Å². The summed E-state index contributed by atoms with van der Waals surface area (Å²) in [6.07, 6.45) is 8.73. The van der Waals surface area contributed by atoms with Gasteiger partial charge in [-0.2, -0.15) is 0 Å². The number of nitrogens with one attached hydrogen (secondary N) is 1. The smallest absolute Gasteiger partial charge is 0.219 e. The molecule has 2 aromatic heterocycles. The van der Waals surface area contributed by atoms with Gasteiger partial charge in [0.25, 0.3) is 0 Å². The van der Waals surface area contributed by atoms with Crippen molar-refractivity contribution in [1.29, 1.82) is 0 Å². The van der Waals surface area contributed by atoms with Crippen molar-refractivity contribution in [3.05, 3.63) is 101 Å². The van der Waals surface area contributed by atoms with Crippen molar-refractivity contribution in [2.24, 2.45) is 0 Å². The van der Waals surface area contributed by atoms with Crippen molar-refractivity contribution >= 4 is 34.8 Å². The van der Waals surface area contributed by atoms with Crippen LogP contribution in [-0.4, -0.2) is 70.8 Å². The Balaban J connectivity index is 0.000000610. The van der Waals surface area contributed by atoms with E-state index in [-0.39, 0.29) is 12.0 Å². The molecule has 0 spiro atoms. The first-order valence-electron chi connectivity index (χ1n) is 13.5. The molecule has 4 aromatic rings. The molecule has 2 aliphatic rings. The van der Waals surface area contributed by atoms with Gasteiger partial charge < -0.3 is 33.6 Å². The topological polar surface area (TPSA) is 84.8 Å². The van der Waals surface area contributed by atoms with E-state index < -0.39 is 5.79 Å². The fraction of sp³-hybridized carbons (Fsp3) is 0.333. The summed E-state index contributed by atoms with van der Waals surface area (Å²) in [5.74, 6) is -0.201. The number of hydrogen-bond donors (Lipinski definition) is 1. The molecule has 1 amide bonds. The van der Waals surface area contributed by atoms with Crippen LogP contribution in [0, 0.1) is 0 Å². The van der Waals surface area contributed by atoms with E-state index >= 15 is 0 Å². The van der Waals surface area contributed by atoms with Crippen LogP contribution in [0.3, 0.4) is 0 Å². The second-order valence-electron chi connectivity index (χ2n) is 9.85. The van der Waals surface area contributed by atoms with Crippen molar-refractivity contribution < 1.29 is 19.0 Å².